The lowest BCUT2D eigenvalue weighted by Crippen LogP contribution is -2.58. The normalized spacial score (nSPS) is 29.6. The molecule has 1 saturated heterocycles. The molecule has 0 aromatic rings. The van der Waals surface area contributed by atoms with E-state index in [1.165, 1.54) is 0 Å². The lowest BCUT2D eigenvalue weighted by molar-refractivity contribution is -0.131. The summed E-state index contributed by atoms with van der Waals surface area (Å²) in [5.41, 5.74) is 0. The number of nitrogens with zero attached hydrogens (tertiary/aromatic N) is 2. The second-order valence-corrected chi connectivity index (χ2v) is 4.81. The lowest BCUT2D eigenvalue weighted by atomic mass is 9.85. The van der Waals surface area contributed by atoms with Crippen molar-refractivity contribution in [2.75, 3.05) is 26.2 Å². The van der Waals surface area contributed by atoms with Crippen molar-refractivity contribution in [3.63, 3.8) is 0 Å². The third-order valence-electron chi connectivity index (χ3n) is 3.72. The van der Waals surface area contributed by atoms with E-state index >= 15 is 0 Å². The number of piperazine rings is 1. The Bertz CT molecular complexity index is 307. The Labute approximate surface area is 101 Å². The first kappa shape index (κ1) is 12.2. The van der Waals surface area contributed by atoms with Gasteiger partial charge in [-0.15, -0.1) is 0 Å². The van der Waals surface area contributed by atoms with Crippen LogP contribution in [0.1, 0.15) is 19.8 Å². The maximum absolute atomic E-state index is 11.2. The Kier molecular flexibility index (Phi) is 3.51. The van der Waals surface area contributed by atoms with Gasteiger partial charge >= 0.3 is 6.09 Å². The van der Waals surface area contributed by atoms with Gasteiger partial charge in [0.25, 0.3) is 0 Å². The minimum Gasteiger partial charge on any atom is -0.465 e. The molecule has 0 atom stereocenters. The Hall–Kier alpha value is -1.30. The SMILES string of the molecule is CC(=O)N1CCN(C2CC(NC(=O)O)C2)CC1. The number of hydrogen-bond acceptors (Lipinski definition) is 3. The van der Waals surface area contributed by atoms with Gasteiger partial charge in [0, 0.05) is 45.2 Å². The van der Waals surface area contributed by atoms with Gasteiger partial charge in [0.05, 0.1) is 0 Å². The van der Waals surface area contributed by atoms with Gasteiger partial charge < -0.3 is 15.3 Å². The largest absolute Gasteiger partial charge is 0.465 e. The molecule has 6 nitrogen and oxygen atoms in total. The molecule has 2 fully saturated rings. The monoisotopic (exact) mass is 241 g/mol. The molecule has 0 bridgehead atoms. The third kappa shape index (κ3) is 2.88. The highest BCUT2D eigenvalue weighted by Crippen LogP contribution is 2.26. The summed E-state index contributed by atoms with van der Waals surface area (Å²) < 4.78 is 0. The van der Waals surface area contributed by atoms with Gasteiger partial charge in [-0.1, -0.05) is 0 Å². The van der Waals surface area contributed by atoms with Crippen molar-refractivity contribution in [1.82, 2.24) is 15.1 Å². The standard InChI is InChI=1S/C11H19N3O3/c1-8(15)13-2-4-14(5-3-13)10-6-9(7-10)12-11(16)17/h9-10,12H,2-7H2,1H3,(H,16,17). The van der Waals surface area contributed by atoms with Crippen LogP contribution in [-0.4, -0.2) is 65.2 Å². The molecular weight excluding hydrogens is 222 g/mol. The number of carboxylic acid groups (broad SMARTS) is 1. The van der Waals surface area contributed by atoms with Crippen LogP contribution in [0.2, 0.25) is 0 Å². The minimum absolute atomic E-state index is 0.114. The summed E-state index contributed by atoms with van der Waals surface area (Å²) in [6.07, 6.45) is 0.855. The molecule has 17 heavy (non-hydrogen) atoms. The molecule has 1 aliphatic heterocycles. The van der Waals surface area contributed by atoms with Crippen molar-refractivity contribution >= 4 is 12.0 Å². The van der Waals surface area contributed by atoms with Gasteiger partial charge in [-0.3, -0.25) is 9.69 Å². The van der Waals surface area contributed by atoms with Gasteiger partial charge in [-0.05, 0) is 12.8 Å². The van der Waals surface area contributed by atoms with Crippen molar-refractivity contribution in [3.05, 3.63) is 0 Å². The molecule has 0 radical (unpaired) electrons. The van der Waals surface area contributed by atoms with Crippen molar-refractivity contribution in [3.8, 4) is 0 Å². The number of carbonyl (C=O) groups excluding carboxylic acids is 1. The zero-order valence-electron chi connectivity index (χ0n) is 10.1. The molecule has 1 aliphatic carbocycles. The van der Waals surface area contributed by atoms with Crippen molar-refractivity contribution in [2.24, 2.45) is 0 Å². The topological polar surface area (TPSA) is 72.9 Å². The molecule has 2 amide bonds. The quantitative estimate of drug-likeness (QED) is 0.711. The highest BCUT2D eigenvalue weighted by atomic mass is 16.4. The number of amides is 2. The van der Waals surface area contributed by atoms with Crippen LogP contribution in [0, 0.1) is 0 Å². The summed E-state index contributed by atoms with van der Waals surface area (Å²) in [4.78, 5) is 25.8. The molecule has 2 N–H and O–H groups in total. The van der Waals surface area contributed by atoms with Crippen LogP contribution in [0.15, 0.2) is 0 Å². The third-order valence-corrected chi connectivity index (χ3v) is 3.72. The Morgan fingerprint density at radius 2 is 1.76 bits per heavy atom. The fourth-order valence-corrected chi connectivity index (χ4v) is 2.58. The van der Waals surface area contributed by atoms with Crippen molar-refractivity contribution < 1.29 is 14.7 Å². The average molecular weight is 241 g/mol. The van der Waals surface area contributed by atoms with E-state index in [1.807, 2.05) is 4.90 Å². The maximum Gasteiger partial charge on any atom is 0.404 e. The first-order valence-electron chi connectivity index (χ1n) is 6.05. The van der Waals surface area contributed by atoms with E-state index in [0.717, 1.165) is 39.0 Å². The van der Waals surface area contributed by atoms with Gasteiger partial charge in [-0.25, -0.2) is 4.79 Å². The van der Waals surface area contributed by atoms with E-state index in [1.54, 1.807) is 6.92 Å². The zero-order valence-corrected chi connectivity index (χ0v) is 10.1. The molecule has 2 rings (SSSR count). The number of carbonyl (C=O) groups is 2. The van der Waals surface area contributed by atoms with E-state index in [4.69, 9.17) is 5.11 Å². The molecule has 1 saturated carbocycles. The highest BCUT2D eigenvalue weighted by Gasteiger charge is 2.35. The van der Waals surface area contributed by atoms with Crippen LogP contribution >= 0.6 is 0 Å². The second-order valence-electron chi connectivity index (χ2n) is 4.81. The fourth-order valence-electron chi connectivity index (χ4n) is 2.58. The summed E-state index contributed by atoms with van der Waals surface area (Å²) in [7, 11) is 0. The lowest BCUT2D eigenvalue weighted by Gasteiger charge is -2.46. The molecule has 0 spiro atoms. The summed E-state index contributed by atoms with van der Waals surface area (Å²) in [5, 5.41) is 11.1. The molecule has 96 valence electrons. The van der Waals surface area contributed by atoms with Gasteiger partial charge in [0.2, 0.25) is 5.91 Å². The Morgan fingerprint density at radius 3 is 2.24 bits per heavy atom. The number of hydrogen-bond donors (Lipinski definition) is 2. The van der Waals surface area contributed by atoms with E-state index in [9.17, 15) is 9.59 Å². The van der Waals surface area contributed by atoms with Gasteiger partial charge in [0.1, 0.15) is 0 Å². The van der Waals surface area contributed by atoms with Gasteiger partial charge in [-0.2, -0.15) is 0 Å². The van der Waals surface area contributed by atoms with Crippen LogP contribution in [-0.2, 0) is 4.79 Å². The van der Waals surface area contributed by atoms with E-state index in [-0.39, 0.29) is 11.9 Å². The minimum atomic E-state index is -0.935. The molecule has 0 aromatic heterocycles. The first-order chi connectivity index (χ1) is 8.06. The molecular formula is C11H19N3O3. The molecule has 0 aromatic carbocycles. The second kappa shape index (κ2) is 4.91. The zero-order chi connectivity index (χ0) is 12.4. The molecule has 0 unspecified atom stereocenters. The summed E-state index contributed by atoms with van der Waals surface area (Å²) in [6.45, 7) is 5.01. The first-order valence-corrected chi connectivity index (χ1v) is 6.05. The van der Waals surface area contributed by atoms with E-state index in [2.05, 4.69) is 10.2 Å². The fraction of sp³-hybridized carbons (Fsp3) is 0.818. The van der Waals surface area contributed by atoms with Crippen molar-refractivity contribution in [1.29, 1.82) is 0 Å². The van der Waals surface area contributed by atoms with Crippen LogP contribution in [0.25, 0.3) is 0 Å². The Balaban J connectivity index is 1.69. The predicted octanol–water partition coefficient (Wildman–Crippen LogP) is -0.0509. The molecule has 1 heterocycles. The average Bonchev–Trinajstić information content (AvgIpc) is 2.23. The van der Waals surface area contributed by atoms with Crippen LogP contribution in [0.3, 0.4) is 0 Å². The Morgan fingerprint density at radius 1 is 1.18 bits per heavy atom. The van der Waals surface area contributed by atoms with E-state index < -0.39 is 6.09 Å². The predicted molar refractivity (Wildman–Crippen MR) is 61.8 cm³/mol. The number of nitrogens with one attached hydrogen (secondary N) is 1. The highest BCUT2D eigenvalue weighted by molar-refractivity contribution is 5.73. The summed E-state index contributed by atoms with van der Waals surface area (Å²) in [5.74, 6) is 0.142. The smallest absolute Gasteiger partial charge is 0.404 e. The number of rotatable bonds is 2. The van der Waals surface area contributed by atoms with Crippen LogP contribution in [0.5, 0.6) is 0 Å². The summed E-state index contributed by atoms with van der Waals surface area (Å²) >= 11 is 0. The maximum atomic E-state index is 11.2. The van der Waals surface area contributed by atoms with Crippen molar-refractivity contribution in [2.45, 2.75) is 31.8 Å². The van der Waals surface area contributed by atoms with Gasteiger partial charge in [0.15, 0.2) is 0 Å². The van der Waals surface area contributed by atoms with Crippen LogP contribution < -0.4 is 5.32 Å². The van der Waals surface area contributed by atoms with E-state index in [0.29, 0.717) is 6.04 Å². The molecule has 2 aliphatic rings. The van der Waals surface area contributed by atoms with Crippen LogP contribution in [0.4, 0.5) is 4.79 Å². The molecule has 6 heteroatoms. The summed E-state index contributed by atoms with van der Waals surface area (Å²) in [6, 6.07) is 0.601.